The molecule has 0 saturated heterocycles. The zero-order chi connectivity index (χ0) is 34.4. The predicted molar refractivity (Wildman–Crippen MR) is 166 cm³/mol. The van der Waals surface area contributed by atoms with Crippen LogP contribution in [0.5, 0.6) is 5.75 Å². The van der Waals surface area contributed by atoms with Gasteiger partial charge in [-0.1, -0.05) is 0 Å². The highest BCUT2D eigenvalue weighted by Crippen LogP contribution is 2.47. The smallest absolute Gasteiger partial charge is 0.424 e. The molecule has 3 aromatic heterocycles. The summed E-state index contributed by atoms with van der Waals surface area (Å²) in [5.41, 5.74) is 0.783. The third-order valence-electron chi connectivity index (χ3n) is 8.14. The molecule has 0 bridgehead atoms. The van der Waals surface area contributed by atoms with Gasteiger partial charge in [0.05, 0.1) is 29.6 Å². The van der Waals surface area contributed by atoms with E-state index >= 15 is 0 Å². The summed E-state index contributed by atoms with van der Waals surface area (Å²) in [5, 5.41) is 17.1. The van der Waals surface area contributed by atoms with Crippen LogP contribution in [-0.4, -0.2) is 56.2 Å². The van der Waals surface area contributed by atoms with E-state index in [0.29, 0.717) is 22.4 Å². The van der Waals surface area contributed by atoms with Crippen LogP contribution in [0.3, 0.4) is 0 Å². The zero-order valence-corrected chi connectivity index (χ0v) is 25.4. The Bertz CT molecular complexity index is 2060. The van der Waals surface area contributed by atoms with E-state index in [4.69, 9.17) is 10.5 Å². The minimum atomic E-state index is -5.38. The number of carbonyl (C=O) groups excluding carboxylic acids is 2. The minimum Gasteiger partial charge on any atom is -0.489 e. The van der Waals surface area contributed by atoms with Crippen LogP contribution in [0.1, 0.15) is 34.1 Å². The molecule has 6 rings (SSSR count). The topological polar surface area (TPSA) is 165 Å². The Morgan fingerprint density at radius 3 is 2.48 bits per heavy atom. The molecule has 5 N–H and O–H groups in total. The largest absolute Gasteiger partial charge is 0.489 e. The molecule has 0 radical (unpaired) electrons. The number of ether oxygens (including phenoxy) is 1. The summed E-state index contributed by atoms with van der Waals surface area (Å²) in [6, 6.07) is 10.2. The Morgan fingerprint density at radius 1 is 1.06 bits per heavy atom. The fourth-order valence-electron chi connectivity index (χ4n) is 5.34. The third kappa shape index (κ3) is 5.72. The van der Waals surface area contributed by atoms with Crippen molar-refractivity contribution < 1.29 is 37.0 Å². The summed E-state index contributed by atoms with van der Waals surface area (Å²) in [6.07, 6.45) is 0.590. The van der Waals surface area contributed by atoms with Gasteiger partial charge in [-0.2, -0.15) is 13.2 Å². The Balaban J connectivity index is 1.41. The first-order valence-corrected chi connectivity index (χ1v) is 14.4. The number of hydrogen-bond donors (Lipinski definition) is 4. The molecule has 48 heavy (non-hydrogen) atoms. The van der Waals surface area contributed by atoms with Crippen molar-refractivity contribution in [3.05, 3.63) is 102 Å². The van der Waals surface area contributed by atoms with Crippen LogP contribution in [0.25, 0.3) is 22.2 Å². The number of fused-ring (bicyclic) bond motifs is 2. The second-order valence-electron chi connectivity index (χ2n) is 11.6. The van der Waals surface area contributed by atoms with E-state index in [1.807, 2.05) is 0 Å². The van der Waals surface area contributed by atoms with E-state index in [1.54, 1.807) is 19.2 Å². The van der Waals surface area contributed by atoms with Gasteiger partial charge in [0.2, 0.25) is 11.5 Å². The van der Waals surface area contributed by atoms with Crippen molar-refractivity contribution in [1.29, 1.82) is 0 Å². The first kappa shape index (κ1) is 32.2. The second kappa shape index (κ2) is 11.8. The molecule has 0 fully saturated rings. The summed E-state index contributed by atoms with van der Waals surface area (Å²) in [6.45, 7) is 1.50. The van der Waals surface area contributed by atoms with Crippen LogP contribution in [0, 0.1) is 12.7 Å². The van der Waals surface area contributed by atoms with E-state index in [0.717, 1.165) is 23.8 Å². The fourth-order valence-corrected chi connectivity index (χ4v) is 5.34. The van der Waals surface area contributed by atoms with Crippen LogP contribution in [0.4, 0.5) is 29.1 Å². The summed E-state index contributed by atoms with van der Waals surface area (Å²) < 4.78 is 64.0. The summed E-state index contributed by atoms with van der Waals surface area (Å²) in [4.78, 5) is 42.7. The van der Waals surface area contributed by atoms with Crippen molar-refractivity contribution in [2.24, 2.45) is 5.73 Å². The normalized spacial score (nSPS) is 16.9. The maximum Gasteiger partial charge on any atom is 0.424 e. The van der Waals surface area contributed by atoms with Crippen LogP contribution in [0.2, 0.25) is 0 Å². The van der Waals surface area contributed by atoms with E-state index in [9.17, 15) is 32.3 Å². The number of primary amides is 1. The van der Waals surface area contributed by atoms with E-state index in [1.165, 1.54) is 49.8 Å². The highest BCUT2D eigenvalue weighted by Gasteiger charge is 2.57. The number of alkyl halides is 3. The van der Waals surface area contributed by atoms with Crippen LogP contribution in [-0.2, 0) is 15.8 Å². The summed E-state index contributed by atoms with van der Waals surface area (Å²) >= 11 is 0. The molecule has 0 spiro atoms. The molecule has 15 heteroatoms. The molecule has 2 atom stereocenters. The molecule has 11 nitrogen and oxygen atoms in total. The second-order valence-corrected chi connectivity index (χ2v) is 11.6. The molecule has 246 valence electrons. The summed E-state index contributed by atoms with van der Waals surface area (Å²) in [5.74, 6) is -2.16. The average Bonchev–Trinajstić information content (AvgIpc) is 3.40. The Hall–Kier alpha value is -5.70. The number of aromatic nitrogens is 4. The lowest BCUT2D eigenvalue weighted by atomic mass is 9.81. The number of halogens is 4. The molecule has 5 aromatic rings. The standard InChI is InChI=1S/C33H27F4N7O4/c1-17-9-19-10-20(11-23(26(19)41-13-17)43-25-14-39-7-8-40-25)29(45)42-15-32(47,33(35,36)37)24-12-22-28(48-16-31(22,2)30(38)46)27(44-24)18-3-5-21(34)6-4-18/h3-14,47H,15-16H2,1-2H3,(H2,38,46)(H,40,43)(H,42,45)/t31-,32-/m0/s1. The fraction of sp³-hybridized carbons (Fsp3) is 0.212. The lowest BCUT2D eigenvalue weighted by molar-refractivity contribution is -0.265. The van der Waals surface area contributed by atoms with Gasteiger partial charge >= 0.3 is 6.18 Å². The van der Waals surface area contributed by atoms with Crippen molar-refractivity contribution in [2.45, 2.75) is 31.0 Å². The number of anilines is 2. The first-order valence-electron chi connectivity index (χ1n) is 14.4. The van der Waals surface area contributed by atoms with E-state index in [2.05, 4.69) is 30.6 Å². The van der Waals surface area contributed by atoms with E-state index < -0.39 is 47.1 Å². The van der Waals surface area contributed by atoms with Gasteiger partial charge in [-0.3, -0.25) is 19.6 Å². The molecular weight excluding hydrogens is 634 g/mol. The Kier molecular flexibility index (Phi) is 7.95. The van der Waals surface area contributed by atoms with Gasteiger partial charge in [-0.15, -0.1) is 0 Å². The Morgan fingerprint density at radius 2 is 1.81 bits per heavy atom. The average molecular weight is 662 g/mol. The highest BCUT2D eigenvalue weighted by molar-refractivity contribution is 6.03. The number of benzene rings is 2. The van der Waals surface area contributed by atoms with Crippen molar-refractivity contribution in [3.63, 3.8) is 0 Å². The monoisotopic (exact) mass is 661 g/mol. The van der Waals surface area contributed by atoms with Gasteiger partial charge < -0.3 is 26.2 Å². The van der Waals surface area contributed by atoms with Gasteiger partial charge in [0.15, 0.2) is 0 Å². The Labute approximate surface area is 270 Å². The van der Waals surface area contributed by atoms with Crippen LogP contribution in [0.15, 0.2) is 73.3 Å². The number of nitrogens with zero attached hydrogens (tertiary/aromatic N) is 4. The molecule has 2 aromatic carbocycles. The van der Waals surface area contributed by atoms with Crippen molar-refractivity contribution in [2.75, 3.05) is 18.5 Å². The highest BCUT2D eigenvalue weighted by atomic mass is 19.4. The van der Waals surface area contributed by atoms with Crippen LogP contribution >= 0.6 is 0 Å². The molecule has 4 heterocycles. The van der Waals surface area contributed by atoms with Gasteiger partial charge in [0.25, 0.3) is 5.91 Å². The number of nitrogens with one attached hydrogen (secondary N) is 2. The quantitative estimate of drug-likeness (QED) is 0.174. The molecular formula is C33H27F4N7O4. The number of pyridine rings is 2. The minimum absolute atomic E-state index is 0.0385. The van der Waals surface area contributed by atoms with Crippen molar-refractivity contribution in [1.82, 2.24) is 25.3 Å². The number of carbonyl (C=O) groups is 2. The maximum atomic E-state index is 14.8. The van der Waals surface area contributed by atoms with Crippen LogP contribution < -0.4 is 21.1 Å². The van der Waals surface area contributed by atoms with Crippen molar-refractivity contribution in [3.8, 4) is 17.0 Å². The number of nitrogens with two attached hydrogens (primary N) is 1. The first-order chi connectivity index (χ1) is 22.7. The number of aryl methyl sites for hydroxylation is 1. The van der Waals surface area contributed by atoms with Gasteiger partial charge in [0, 0.05) is 40.7 Å². The molecule has 1 aliphatic rings. The number of amides is 2. The summed E-state index contributed by atoms with van der Waals surface area (Å²) in [7, 11) is 0. The van der Waals surface area contributed by atoms with Gasteiger partial charge in [-0.25, -0.2) is 14.4 Å². The molecule has 2 amide bonds. The lowest BCUT2D eigenvalue weighted by Gasteiger charge is -2.31. The van der Waals surface area contributed by atoms with Gasteiger partial charge in [0.1, 0.15) is 35.1 Å². The van der Waals surface area contributed by atoms with E-state index in [-0.39, 0.29) is 34.7 Å². The third-order valence-corrected chi connectivity index (χ3v) is 8.14. The maximum absolute atomic E-state index is 14.8. The molecule has 1 aliphatic heterocycles. The zero-order valence-electron chi connectivity index (χ0n) is 25.4. The number of hydrogen-bond acceptors (Lipinski definition) is 9. The molecule has 0 saturated carbocycles. The van der Waals surface area contributed by atoms with Crippen molar-refractivity contribution >= 4 is 34.2 Å². The number of rotatable bonds is 8. The molecule has 0 unspecified atom stereocenters. The SMILES string of the molecule is Cc1cnc2c(Nc3cnccn3)cc(C(=O)NC[C@](O)(c3cc4c(c(-c5ccc(F)cc5)n3)OC[C@]4(C)C(N)=O)C(F)(F)F)cc2c1. The molecule has 0 aliphatic carbocycles. The lowest BCUT2D eigenvalue weighted by Crippen LogP contribution is -2.51. The van der Waals surface area contributed by atoms with Gasteiger partial charge in [-0.05, 0) is 67.9 Å². The number of aliphatic hydroxyl groups is 1. The predicted octanol–water partition coefficient (Wildman–Crippen LogP) is 4.59.